The average Bonchev–Trinajstić information content (AvgIpc) is 2.87. The SMILES string of the molecule is C=C/C(C=O)=C(\C=C)C(=O)N(C)c1ccc[nH]1. The first-order valence-corrected chi connectivity index (χ1v) is 5.01. The van der Waals surface area contributed by atoms with Gasteiger partial charge in [0.25, 0.3) is 5.91 Å². The van der Waals surface area contributed by atoms with Crippen molar-refractivity contribution in [2.75, 3.05) is 11.9 Å². The van der Waals surface area contributed by atoms with Crippen molar-refractivity contribution >= 4 is 18.0 Å². The van der Waals surface area contributed by atoms with E-state index in [0.29, 0.717) is 12.1 Å². The molecule has 0 bridgehead atoms. The Labute approximate surface area is 99.9 Å². The quantitative estimate of drug-likeness (QED) is 0.476. The van der Waals surface area contributed by atoms with Crippen LogP contribution in [0.5, 0.6) is 0 Å². The topological polar surface area (TPSA) is 53.2 Å². The van der Waals surface area contributed by atoms with Crippen LogP contribution in [0.15, 0.2) is 54.8 Å². The van der Waals surface area contributed by atoms with Gasteiger partial charge in [-0.15, -0.1) is 0 Å². The minimum atomic E-state index is -0.315. The van der Waals surface area contributed by atoms with Gasteiger partial charge in [0.1, 0.15) is 5.82 Å². The van der Waals surface area contributed by atoms with Crippen LogP contribution in [0, 0.1) is 0 Å². The molecule has 88 valence electrons. The van der Waals surface area contributed by atoms with Gasteiger partial charge in [-0.1, -0.05) is 25.3 Å². The molecule has 1 heterocycles. The lowest BCUT2D eigenvalue weighted by Gasteiger charge is -2.16. The number of aldehydes is 1. The highest BCUT2D eigenvalue weighted by Gasteiger charge is 2.17. The van der Waals surface area contributed by atoms with Crippen LogP contribution in [0.3, 0.4) is 0 Å². The van der Waals surface area contributed by atoms with E-state index in [1.807, 2.05) is 0 Å². The molecule has 1 N–H and O–H groups in total. The van der Waals surface area contributed by atoms with E-state index >= 15 is 0 Å². The van der Waals surface area contributed by atoms with E-state index in [0.717, 1.165) is 0 Å². The Hall–Kier alpha value is -2.36. The summed E-state index contributed by atoms with van der Waals surface area (Å²) < 4.78 is 0. The molecule has 0 aromatic carbocycles. The molecule has 4 nitrogen and oxygen atoms in total. The van der Waals surface area contributed by atoms with Crippen molar-refractivity contribution in [3.63, 3.8) is 0 Å². The number of carbonyl (C=O) groups is 2. The fourth-order valence-electron chi connectivity index (χ4n) is 1.37. The molecule has 0 fully saturated rings. The van der Waals surface area contributed by atoms with Gasteiger partial charge in [-0.05, 0) is 12.1 Å². The van der Waals surface area contributed by atoms with E-state index in [1.165, 1.54) is 17.1 Å². The van der Waals surface area contributed by atoms with Crippen LogP contribution in [-0.2, 0) is 9.59 Å². The maximum absolute atomic E-state index is 12.1. The van der Waals surface area contributed by atoms with Gasteiger partial charge in [-0.3, -0.25) is 14.5 Å². The Balaban J connectivity index is 3.11. The van der Waals surface area contributed by atoms with Crippen LogP contribution < -0.4 is 4.90 Å². The van der Waals surface area contributed by atoms with E-state index < -0.39 is 0 Å². The van der Waals surface area contributed by atoms with Crippen LogP contribution in [0.1, 0.15) is 0 Å². The summed E-state index contributed by atoms with van der Waals surface area (Å²) in [4.78, 5) is 27.2. The van der Waals surface area contributed by atoms with Gasteiger partial charge in [0.05, 0.1) is 0 Å². The lowest BCUT2D eigenvalue weighted by Crippen LogP contribution is -2.28. The number of amides is 1. The third-order valence-corrected chi connectivity index (χ3v) is 2.34. The zero-order valence-electron chi connectivity index (χ0n) is 9.64. The van der Waals surface area contributed by atoms with E-state index in [2.05, 4.69) is 18.1 Å². The Morgan fingerprint density at radius 3 is 2.53 bits per heavy atom. The average molecular weight is 230 g/mol. The fraction of sp³-hybridized carbons (Fsp3) is 0.0769. The number of hydrogen-bond acceptors (Lipinski definition) is 2. The van der Waals surface area contributed by atoms with Gasteiger partial charge < -0.3 is 4.98 Å². The molecule has 1 rings (SSSR count). The third-order valence-electron chi connectivity index (χ3n) is 2.34. The van der Waals surface area contributed by atoms with E-state index in [9.17, 15) is 9.59 Å². The number of aromatic nitrogens is 1. The number of nitrogens with one attached hydrogen (secondary N) is 1. The van der Waals surface area contributed by atoms with Crippen molar-refractivity contribution in [1.29, 1.82) is 0 Å². The van der Waals surface area contributed by atoms with Crippen molar-refractivity contribution in [3.8, 4) is 0 Å². The second-order valence-corrected chi connectivity index (χ2v) is 3.31. The molecule has 0 spiro atoms. The summed E-state index contributed by atoms with van der Waals surface area (Å²) >= 11 is 0. The molecule has 0 radical (unpaired) electrons. The number of allylic oxidation sites excluding steroid dienone is 2. The van der Waals surface area contributed by atoms with Crippen LogP contribution >= 0.6 is 0 Å². The number of anilines is 1. The fourth-order valence-corrected chi connectivity index (χ4v) is 1.37. The number of aromatic amines is 1. The summed E-state index contributed by atoms with van der Waals surface area (Å²) in [6, 6.07) is 3.54. The normalized spacial score (nSPS) is 11.4. The molecular formula is C13H14N2O2. The first-order chi connectivity index (χ1) is 8.15. The molecule has 0 aliphatic rings. The number of carbonyl (C=O) groups excluding carboxylic acids is 2. The van der Waals surface area contributed by atoms with Gasteiger partial charge in [-0.25, -0.2) is 0 Å². The Kier molecular flexibility index (Phi) is 4.22. The van der Waals surface area contributed by atoms with Gasteiger partial charge in [0.2, 0.25) is 0 Å². The largest absolute Gasteiger partial charge is 0.348 e. The molecule has 0 unspecified atom stereocenters. The molecule has 1 aromatic rings. The number of rotatable bonds is 5. The minimum absolute atomic E-state index is 0.225. The highest BCUT2D eigenvalue weighted by molar-refractivity contribution is 6.10. The Morgan fingerprint density at radius 1 is 1.41 bits per heavy atom. The van der Waals surface area contributed by atoms with Crippen LogP contribution in [0.25, 0.3) is 0 Å². The van der Waals surface area contributed by atoms with E-state index in [1.54, 1.807) is 25.4 Å². The van der Waals surface area contributed by atoms with Crippen molar-refractivity contribution in [2.24, 2.45) is 0 Å². The maximum atomic E-state index is 12.1. The van der Waals surface area contributed by atoms with Gasteiger partial charge >= 0.3 is 0 Å². The van der Waals surface area contributed by atoms with E-state index in [4.69, 9.17) is 0 Å². The van der Waals surface area contributed by atoms with Crippen molar-refractivity contribution in [3.05, 3.63) is 54.8 Å². The first kappa shape index (κ1) is 12.7. The monoisotopic (exact) mass is 230 g/mol. The number of H-pyrrole nitrogens is 1. The predicted octanol–water partition coefficient (Wildman–Crippen LogP) is 1.84. The molecule has 1 aromatic heterocycles. The van der Waals surface area contributed by atoms with Crippen molar-refractivity contribution < 1.29 is 9.59 Å². The summed E-state index contributed by atoms with van der Waals surface area (Å²) in [5.74, 6) is 0.327. The number of likely N-dealkylation sites (N-methyl/N-ethyl adjacent to an activating group) is 1. The summed E-state index contributed by atoms with van der Waals surface area (Å²) in [5.41, 5.74) is 0.454. The van der Waals surface area contributed by atoms with Crippen LogP contribution in [0.2, 0.25) is 0 Å². The Morgan fingerprint density at radius 2 is 2.12 bits per heavy atom. The smallest absolute Gasteiger partial charge is 0.259 e. The lowest BCUT2D eigenvalue weighted by atomic mass is 10.1. The summed E-state index contributed by atoms with van der Waals surface area (Å²) in [6.45, 7) is 7.03. The van der Waals surface area contributed by atoms with E-state index in [-0.39, 0.29) is 17.1 Å². The molecule has 0 aliphatic carbocycles. The molecular weight excluding hydrogens is 216 g/mol. The zero-order valence-corrected chi connectivity index (χ0v) is 9.64. The molecule has 0 aliphatic heterocycles. The molecule has 1 amide bonds. The second-order valence-electron chi connectivity index (χ2n) is 3.31. The molecule has 0 saturated heterocycles. The molecule has 4 heteroatoms. The van der Waals surface area contributed by atoms with Crippen LogP contribution in [0.4, 0.5) is 5.82 Å². The lowest BCUT2D eigenvalue weighted by molar-refractivity contribution is -0.115. The van der Waals surface area contributed by atoms with Gasteiger partial charge in [0, 0.05) is 24.4 Å². The van der Waals surface area contributed by atoms with Gasteiger partial charge in [-0.2, -0.15) is 0 Å². The third kappa shape index (κ3) is 2.60. The molecule has 17 heavy (non-hydrogen) atoms. The molecule has 0 atom stereocenters. The number of nitrogens with zero attached hydrogens (tertiary/aromatic N) is 1. The first-order valence-electron chi connectivity index (χ1n) is 5.01. The maximum Gasteiger partial charge on any atom is 0.259 e. The summed E-state index contributed by atoms with van der Waals surface area (Å²) in [5, 5.41) is 0. The highest BCUT2D eigenvalue weighted by Crippen LogP contribution is 2.14. The second kappa shape index (κ2) is 5.65. The highest BCUT2D eigenvalue weighted by atomic mass is 16.2. The standard InChI is InChI=1S/C13H14N2O2/c1-4-10(9-16)11(5-2)13(17)15(3)12-7-6-8-14-12/h4-9,14H,1-2H2,3H3/b11-10-. The zero-order chi connectivity index (χ0) is 12.8. The minimum Gasteiger partial charge on any atom is -0.348 e. The Bertz CT molecular complexity index is 460. The van der Waals surface area contributed by atoms with Crippen molar-refractivity contribution in [2.45, 2.75) is 0 Å². The molecule has 0 saturated carbocycles. The van der Waals surface area contributed by atoms with Crippen LogP contribution in [-0.4, -0.2) is 24.2 Å². The summed E-state index contributed by atoms with van der Waals surface area (Å²) in [7, 11) is 1.61. The van der Waals surface area contributed by atoms with Crippen molar-refractivity contribution in [1.82, 2.24) is 4.98 Å². The predicted molar refractivity (Wildman–Crippen MR) is 67.7 cm³/mol. The van der Waals surface area contributed by atoms with Gasteiger partial charge in [0.15, 0.2) is 6.29 Å². The summed E-state index contributed by atoms with van der Waals surface area (Å²) in [6.07, 6.45) is 4.99. The number of hydrogen-bond donors (Lipinski definition) is 1.